The molecule has 1 fully saturated rings. The van der Waals surface area contributed by atoms with Crippen molar-refractivity contribution in [1.82, 2.24) is 9.97 Å². The van der Waals surface area contributed by atoms with Crippen molar-refractivity contribution in [3.05, 3.63) is 11.4 Å². The van der Waals surface area contributed by atoms with Crippen molar-refractivity contribution in [2.45, 2.75) is 39.5 Å². The molecule has 1 aromatic rings. The van der Waals surface area contributed by atoms with Gasteiger partial charge in [-0.1, -0.05) is 13.8 Å². The van der Waals surface area contributed by atoms with Crippen molar-refractivity contribution in [2.75, 3.05) is 44.1 Å². The molecule has 21 heavy (non-hydrogen) atoms. The highest BCUT2D eigenvalue weighted by atomic mass is 16.5. The van der Waals surface area contributed by atoms with Crippen LogP contribution in [0.4, 0.5) is 11.6 Å². The van der Waals surface area contributed by atoms with E-state index >= 15 is 0 Å². The van der Waals surface area contributed by atoms with Crippen molar-refractivity contribution >= 4 is 11.6 Å². The first kappa shape index (κ1) is 16.0. The second kappa shape index (κ2) is 7.07. The lowest BCUT2D eigenvalue weighted by molar-refractivity contribution is 0.204. The van der Waals surface area contributed by atoms with E-state index in [0.717, 1.165) is 36.1 Å². The number of hydrogen-bond donors (Lipinski definition) is 1. The average molecular weight is 292 g/mol. The number of aromatic nitrogens is 2. The highest BCUT2D eigenvalue weighted by Gasteiger charge is 2.29. The van der Waals surface area contributed by atoms with E-state index < -0.39 is 0 Å². The molecule has 118 valence electrons. The predicted octanol–water partition coefficient (Wildman–Crippen LogP) is 2.81. The summed E-state index contributed by atoms with van der Waals surface area (Å²) in [5, 5.41) is 3.21. The Labute approximate surface area is 128 Å². The second-order valence-corrected chi connectivity index (χ2v) is 6.24. The maximum atomic E-state index is 5.26. The van der Waals surface area contributed by atoms with Crippen LogP contribution < -0.4 is 10.2 Å². The summed E-state index contributed by atoms with van der Waals surface area (Å²) in [6.07, 6.45) is 2.43. The number of ether oxygens (including phenoxy) is 1. The number of hydrogen-bond acceptors (Lipinski definition) is 5. The molecule has 0 bridgehead atoms. The highest BCUT2D eigenvalue weighted by molar-refractivity contribution is 5.58. The van der Waals surface area contributed by atoms with Crippen LogP contribution in [0, 0.1) is 12.8 Å². The Balaban J connectivity index is 2.34. The standard InChI is InChI=1S/C16H28N4O/c1-11(2)10-20(8-9-21-5)16-12(3)14(17-4)18-15(19-16)13-6-7-13/h11,13H,6-10H2,1-5H3,(H,17,18,19). The summed E-state index contributed by atoms with van der Waals surface area (Å²) in [4.78, 5) is 11.9. The minimum Gasteiger partial charge on any atom is -0.383 e. The SMILES string of the molecule is CNc1nc(C2CC2)nc(N(CCOC)CC(C)C)c1C. The van der Waals surface area contributed by atoms with Crippen molar-refractivity contribution < 1.29 is 4.74 Å². The zero-order valence-electron chi connectivity index (χ0n) is 13.9. The molecule has 1 aliphatic carbocycles. The first-order valence-electron chi connectivity index (χ1n) is 7.87. The van der Waals surface area contributed by atoms with Gasteiger partial charge in [0, 0.05) is 38.7 Å². The molecule has 0 atom stereocenters. The van der Waals surface area contributed by atoms with E-state index in [-0.39, 0.29) is 0 Å². The molecule has 0 amide bonds. The lowest BCUT2D eigenvalue weighted by Gasteiger charge is -2.28. The normalized spacial score (nSPS) is 14.6. The van der Waals surface area contributed by atoms with E-state index in [2.05, 4.69) is 36.0 Å². The minimum atomic E-state index is 0.555. The van der Waals surface area contributed by atoms with Crippen molar-refractivity contribution in [3.63, 3.8) is 0 Å². The summed E-state index contributed by atoms with van der Waals surface area (Å²) in [6, 6.07) is 0. The monoisotopic (exact) mass is 292 g/mol. The molecule has 1 N–H and O–H groups in total. The molecule has 5 nitrogen and oxygen atoms in total. The van der Waals surface area contributed by atoms with Crippen LogP contribution in [0.1, 0.15) is 44.0 Å². The summed E-state index contributed by atoms with van der Waals surface area (Å²) >= 11 is 0. The summed E-state index contributed by atoms with van der Waals surface area (Å²) in [5.74, 6) is 4.14. The Morgan fingerprint density at radius 1 is 1.33 bits per heavy atom. The van der Waals surface area contributed by atoms with Crippen LogP contribution in [0.5, 0.6) is 0 Å². The van der Waals surface area contributed by atoms with Gasteiger partial charge in [0.15, 0.2) is 0 Å². The molecular formula is C16H28N4O. The predicted molar refractivity (Wildman–Crippen MR) is 87.2 cm³/mol. The maximum Gasteiger partial charge on any atom is 0.137 e. The highest BCUT2D eigenvalue weighted by Crippen LogP contribution is 2.40. The third-order valence-electron chi connectivity index (χ3n) is 3.77. The van der Waals surface area contributed by atoms with E-state index in [4.69, 9.17) is 9.72 Å². The first-order chi connectivity index (χ1) is 10.1. The summed E-state index contributed by atoms with van der Waals surface area (Å²) in [6.45, 7) is 9.12. The number of nitrogens with zero attached hydrogens (tertiary/aromatic N) is 3. The fourth-order valence-corrected chi connectivity index (χ4v) is 2.52. The van der Waals surface area contributed by atoms with Gasteiger partial charge in [0.2, 0.25) is 0 Å². The van der Waals surface area contributed by atoms with E-state index in [1.165, 1.54) is 12.8 Å². The molecule has 0 aromatic carbocycles. The molecule has 5 heteroatoms. The molecule has 1 saturated carbocycles. The summed E-state index contributed by atoms with van der Waals surface area (Å²) in [7, 11) is 3.67. The Morgan fingerprint density at radius 2 is 2.05 bits per heavy atom. The van der Waals surface area contributed by atoms with Crippen LogP contribution >= 0.6 is 0 Å². The van der Waals surface area contributed by atoms with E-state index in [1.807, 2.05) is 7.05 Å². The summed E-state index contributed by atoms with van der Waals surface area (Å²) in [5.41, 5.74) is 1.12. The van der Waals surface area contributed by atoms with Crippen LogP contribution in [-0.2, 0) is 4.74 Å². The van der Waals surface area contributed by atoms with Crippen LogP contribution in [0.2, 0.25) is 0 Å². The van der Waals surface area contributed by atoms with E-state index in [9.17, 15) is 0 Å². The van der Waals surface area contributed by atoms with Crippen molar-refractivity contribution in [2.24, 2.45) is 5.92 Å². The molecule has 1 aromatic heterocycles. The van der Waals surface area contributed by atoms with Crippen LogP contribution in [-0.4, -0.2) is 43.8 Å². The number of anilines is 2. The van der Waals surface area contributed by atoms with Gasteiger partial charge in [-0.05, 0) is 25.7 Å². The zero-order valence-corrected chi connectivity index (χ0v) is 13.9. The molecule has 2 rings (SSSR count). The average Bonchev–Trinajstić information content (AvgIpc) is 3.28. The number of nitrogens with one attached hydrogen (secondary N) is 1. The Hall–Kier alpha value is -1.36. The molecule has 0 unspecified atom stereocenters. The Bertz CT molecular complexity index is 472. The Kier molecular flexibility index (Phi) is 5.39. The van der Waals surface area contributed by atoms with Gasteiger partial charge in [0.25, 0.3) is 0 Å². The molecule has 0 spiro atoms. The molecule has 1 heterocycles. The lowest BCUT2D eigenvalue weighted by Crippen LogP contribution is -2.33. The smallest absolute Gasteiger partial charge is 0.137 e. The second-order valence-electron chi connectivity index (χ2n) is 6.24. The van der Waals surface area contributed by atoms with Crippen molar-refractivity contribution in [3.8, 4) is 0 Å². The van der Waals surface area contributed by atoms with Gasteiger partial charge in [-0.2, -0.15) is 0 Å². The fourth-order valence-electron chi connectivity index (χ4n) is 2.52. The molecule has 0 aliphatic heterocycles. The van der Waals surface area contributed by atoms with E-state index in [1.54, 1.807) is 7.11 Å². The largest absolute Gasteiger partial charge is 0.383 e. The third-order valence-corrected chi connectivity index (χ3v) is 3.77. The van der Waals surface area contributed by atoms with Crippen LogP contribution in [0.25, 0.3) is 0 Å². The van der Waals surface area contributed by atoms with Crippen molar-refractivity contribution in [1.29, 1.82) is 0 Å². The van der Waals surface area contributed by atoms with Crippen LogP contribution in [0.3, 0.4) is 0 Å². The number of rotatable bonds is 8. The van der Waals surface area contributed by atoms with E-state index in [0.29, 0.717) is 18.4 Å². The van der Waals surface area contributed by atoms with Gasteiger partial charge in [0.1, 0.15) is 17.5 Å². The molecule has 0 saturated heterocycles. The Morgan fingerprint density at radius 3 is 2.57 bits per heavy atom. The van der Waals surface area contributed by atoms with Gasteiger partial charge >= 0.3 is 0 Å². The quantitative estimate of drug-likeness (QED) is 0.798. The van der Waals surface area contributed by atoms with Gasteiger partial charge in [0.05, 0.1) is 6.61 Å². The molecule has 0 radical (unpaired) electrons. The van der Waals surface area contributed by atoms with Gasteiger partial charge in [-0.15, -0.1) is 0 Å². The van der Waals surface area contributed by atoms with Gasteiger partial charge in [-0.3, -0.25) is 0 Å². The van der Waals surface area contributed by atoms with Crippen LogP contribution in [0.15, 0.2) is 0 Å². The van der Waals surface area contributed by atoms with Gasteiger partial charge < -0.3 is 15.0 Å². The summed E-state index contributed by atoms with van der Waals surface area (Å²) < 4.78 is 5.26. The maximum absolute atomic E-state index is 5.26. The zero-order chi connectivity index (χ0) is 15.4. The molecular weight excluding hydrogens is 264 g/mol. The fraction of sp³-hybridized carbons (Fsp3) is 0.750. The number of methoxy groups -OCH3 is 1. The minimum absolute atomic E-state index is 0.555. The van der Waals surface area contributed by atoms with Gasteiger partial charge in [-0.25, -0.2) is 9.97 Å². The first-order valence-corrected chi connectivity index (χ1v) is 7.87. The molecule has 1 aliphatic rings. The topological polar surface area (TPSA) is 50.3 Å². The lowest BCUT2D eigenvalue weighted by atomic mass is 10.2. The third kappa shape index (κ3) is 4.06.